The minimum absolute atomic E-state index is 0.244. The highest BCUT2D eigenvalue weighted by atomic mass is 35.5. The fourth-order valence-corrected chi connectivity index (χ4v) is 2.33. The first-order valence-corrected chi connectivity index (χ1v) is 6.25. The van der Waals surface area contributed by atoms with E-state index in [4.69, 9.17) is 27.9 Å². The molecule has 19 heavy (non-hydrogen) atoms. The summed E-state index contributed by atoms with van der Waals surface area (Å²) >= 11 is 12.0. The molecule has 0 aliphatic heterocycles. The second-order valence-corrected chi connectivity index (χ2v) is 4.74. The molecule has 0 radical (unpaired) electrons. The molecular formula is C14H11Cl2FO2. The quantitative estimate of drug-likeness (QED) is 0.919. The second kappa shape index (κ2) is 5.78. The molecule has 2 aromatic rings. The normalized spacial score (nSPS) is 12.3. The fourth-order valence-electron chi connectivity index (χ4n) is 1.84. The predicted octanol–water partition coefficient (Wildman–Crippen LogP) is 4.22. The summed E-state index contributed by atoms with van der Waals surface area (Å²) in [4.78, 5) is 0. The molecule has 5 heteroatoms. The van der Waals surface area contributed by atoms with Gasteiger partial charge in [0, 0.05) is 16.1 Å². The zero-order valence-corrected chi connectivity index (χ0v) is 11.5. The summed E-state index contributed by atoms with van der Waals surface area (Å²) in [6.45, 7) is 0. The van der Waals surface area contributed by atoms with E-state index in [9.17, 15) is 9.50 Å². The molecule has 2 aromatic carbocycles. The van der Waals surface area contributed by atoms with Gasteiger partial charge >= 0.3 is 0 Å². The van der Waals surface area contributed by atoms with Crippen LogP contribution in [-0.4, -0.2) is 12.2 Å². The molecule has 100 valence electrons. The lowest BCUT2D eigenvalue weighted by Gasteiger charge is -2.17. The molecule has 0 amide bonds. The van der Waals surface area contributed by atoms with Gasteiger partial charge in [-0.2, -0.15) is 0 Å². The highest BCUT2D eigenvalue weighted by Gasteiger charge is 2.21. The van der Waals surface area contributed by atoms with Crippen LogP contribution < -0.4 is 4.74 Å². The third kappa shape index (κ3) is 2.84. The van der Waals surface area contributed by atoms with Gasteiger partial charge in [0.2, 0.25) is 0 Å². The van der Waals surface area contributed by atoms with Gasteiger partial charge in [0.25, 0.3) is 0 Å². The summed E-state index contributed by atoms with van der Waals surface area (Å²) in [7, 11) is 1.47. The van der Waals surface area contributed by atoms with E-state index in [1.807, 2.05) is 0 Å². The van der Waals surface area contributed by atoms with Crippen molar-refractivity contribution in [2.24, 2.45) is 0 Å². The molecule has 1 unspecified atom stereocenters. The average Bonchev–Trinajstić information content (AvgIpc) is 2.40. The number of aliphatic hydroxyl groups is 1. The number of hydrogen-bond acceptors (Lipinski definition) is 2. The number of rotatable bonds is 3. The first-order valence-electron chi connectivity index (χ1n) is 5.50. The Labute approximate surface area is 120 Å². The van der Waals surface area contributed by atoms with E-state index in [2.05, 4.69) is 0 Å². The van der Waals surface area contributed by atoms with Gasteiger partial charge in [0.1, 0.15) is 17.7 Å². The molecule has 0 bridgehead atoms. The van der Waals surface area contributed by atoms with Gasteiger partial charge in [-0.1, -0.05) is 29.3 Å². The molecule has 0 heterocycles. The molecule has 0 fully saturated rings. The second-order valence-electron chi connectivity index (χ2n) is 3.92. The van der Waals surface area contributed by atoms with Gasteiger partial charge in [-0.25, -0.2) is 4.39 Å². The highest BCUT2D eigenvalue weighted by molar-refractivity contribution is 6.32. The van der Waals surface area contributed by atoms with Crippen LogP contribution in [0.15, 0.2) is 36.4 Å². The first-order chi connectivity index (χ1) is 9.04. The Bertz CT molecular complexity index is 602. The number of halogens is 3. The standard InChI is InChI=1S/C14H11Cl2FO2/c1-19-12-4-2-3-11(16)13(12)14(18)9-7-8(17)5-6-10(9)15/h2-7,14,18H,1H3. The predicted molar refractivity (Wildman–Crippen MR) is 73.5 cm³/mol. The van der Waals surface area contributed by atoms with Crippen molar-refractivity contribution in [1.29, 1.82) is 0 Å². The Morgan fingerprint density at radius 2 is 1.89 bits per heavy atom. The van der Waals surface area contributed by atoms with Crippen LogP contribution in [0.25, 0.3) is 0 Å². The molecule has 1 N–H and O–H groups in total. The van der Waals surface area contributed by atoms with Gasteiger partial charge in [0.05, 0.1) is 12.1 Å². The number of hydrogen-bond donors (Lipinski definition) is 1. The number of benzene rings is 2. The van der Waals surface area contributed by atoms with Gasteiger partial charge in [-0.15, -0.1) is 0 Å². The third-order valence-corrected chi connectivity index (χ3v) is 3.43. The summed E-state index contributed by atoms with van der Waals surface area (Å²) < 4.78 is 18.4. The molecule has 2 rings (SSSR count). The van der Waals surface area contributed by atoms with E-state index in [0.717, 1.165) is 0 Å². The lowest BCUT2D eigenvalue weighted by molar-refractivity contribution is 0.214. The van der Waals surface area contributed by atoms with Crippen LogP contribution in [0.2, 0.25) is 10.0 Å². The number of methoxy groups -OCH3 is 1. The van der Waals surface area contributed by atoms with Crippen molar-refractivity contribution in [3.63, 3.8) is 0 Å². The van der Waals surface area contributed by atoms with E-state index in [-0.39, 0.29) is 10.6 Å². The van der Waals surface area contributed by atoms with Crippen LogP contribution in [0.5, 0.6) is 5.75 Å². The van der Waals surface area contributed by atoms with Crippen LogP contribution in [0.3, 0.4) is 0 Å². The van der Waals surface area contributed by atoms with Crippen molar-refractivity contribution in [1.82, 2.24) is 0 Å². The van der Waals surface area contributed by atoms with E-state index in [0.29, 0.717) is 16.3 Å². The minimum atomic E-state index is -1.16. The SMILES string of the molecule is COc1cccc(Cl)c1C(O)c1cc(F)ccc1Cl. The third-order valence-electron chi connectivity index (χ3n) is 2.76. The van der Waals surface area contributed by atoms with E-state index in [1.165, 1.54) is 25.3 Å². The van der Waals surface area contributed by atoms with Crippen molar-refractivity contribution in [3.05, 3.63) is 63.4 Å². The van der Waals surface area contributed by atoms with E-state index >= 15 is 0 Å². The molecular weight excluding hydrogens is 290 g/mol. The maximum atomic E-state index is 13.3. The lowest BCUT2D eigenvalue weighted by atomic mass is 10.0. The molecule has 2 nitrogen and oxygen atoms in total. The van der Waals surface area contributed by atoms with Crippen molar-refractivity contribution < 1.29 is 14.2 Å². The lowest BCUT2D eigenvalue weighted by Crippen LogP contribution is -2.04. The van der Waals surface area contributed by atoms with Crippen molar-refractivity contribution in [2.45, 2.75) is 6.10 Å². The first kappa shape index (κ1) is 14.1. The van der Waals surface area contributed by atoms with Gasteiger partial charge in [-0.05, 0) is 30.3 Å². The van der Waals surface area contributed by atoms with Crippen LogP contribution in [0.1, 0.15) is 17.2 Å². The highest BCUT2D eigenvalue weighted by Crippen LogP contribution is 2.38. The molecule has 0 saturated heterocycles. The molecule has 1 atom stereocenters. The van der Waals surface area contributed by atoms with Crippen molar-refractivity contribution >= 4 is 23.2 Å². The maximum absolute atomic E-state index is 13.3. The van der Waals surface area contributed by atoms with E-state index in [1.54, 1.807) is 18.2 Å². The van der Waals surface area contributed by atoms with Gasteiger partial charge in [0.15, 0.2) is 0 Å². The minimum Gasteiger partial charge on any atom is -0.496 e. The Balaban J connectivity index is 2.55. The summed E-state index contributed by atoms with van der Waals surface area (Å²) in [6.07, 6.45) is -1.16. The molecule has 0 spiro atoms. The van der Waals surface area contributed by atoms with Crippen molar-refractivity contribution in [3.8, 4) is 5.75 Å². The van der Waals surface area contributed by atoms with Gasteiger partial charge in [-0.3, -0.25) is 0 Å². The Hall–Kier alpha value is -1.29. The smallest absolute Gasteiger partial charge is 0.126 e. The monoisotopic (exact) mass is 300 g/mol. The summed E-state index contributed by atoms with van der Waals surface area (Å²) in [6, 6.07) is 8.77. The zero-order chi connectivity index (χ0) is 14.0. The summed E-state index contributed by atoms with van der Waals surface area (Å²) in [5, 5.41) is 11.0. The van der Waals surface area contributed by atoms with Crippen LogP contribution in [-0.2, 0) is 0 Å². The number of ether oxygens (including phenoxy) is 1. The number of aliphatic hydroxyl groups excluding tert-OH is 1. The molecule has 0 saturated carbocycles. The van der Waals surface area contributed by atoms with Crippen LogP contribution in [0, 0.1) is 5.82 Å². The zero-order valence-electron chi connectivity index (χ0n) is 10.0. The average molecular weight is 301 g/mol. The Morgan fingerprint density at radius 3 is 2.58 bits per heavy atom. The van der Waals surface area contributed by atoms with Crippen molar-refractivity contribution in [2.75, 3.05) is 7.11 Å². The molecule has 0 aromatic heterocycles. The summed E-state index contributed by atoms with van der Waals surface area (Å²) in [5.74, 6) is -0.0650. The van der Waals surface area contributed by atoms with Gasteiger partial charge < -0.3 is 9.84 Å². The Kier molecular flexibility index (Phi) is 4.30. The summed E-state index contributed by atoms with van der Waals surface area (Å²) in [5.41, 5.74) is 0.604. The van der Waals surface area contributed by atoms with E-state index < -0.39 is 11.9 Å². The fraction of sp³-hybridized carbons (Fsp3) is 0.143. The van der Waals surface area contributed by atoms with Crippen LogP contribution in [0.4, 0.5) is 4.39 Å². The topological polar surface area (TPSA) is 29.5 Å². The largest absolute Gasteiger partial charge is 0.496 e. The molecule has 0 aliphatic carbocycles. The Morgan fingerprint density at radius 1 is 1.16 bits per heavy atom. The van der Waals surface area contributed by atoms with Crippen LogP contribution >= 0.6 is 23.2 Å². The molecule has 0 aliphatic rings. The maximum Gasteiger partial charge on any atom is 0.126 e.